The monoisotopic (exact) mass is 907 g/mol. The third kappa shape index (κ3) is 51.7. The molecule has 0 spiro atoms. The van der Waals surface area contributed by atoms with Gasteiger partial charge in [0.15, 0.2) is 6.10 Å². The first-order valence-electron chi connectivity index (χ1n) is 27.5. The number of hydrogen-bond donors (Lipinski definition) is 0. The maximum absolute atomic E-state index is 12.8. The highest BCUT2D eigenvalue weighted by Crippen LogP contribution is 2.14. The summed E-state index contributed by atoms with van der Waals surface area (Å²) in [6.07, 6.45) is 67.3. The number of carbonyl (C=O) groups is 3. The number of carbonyl (C=O) groups excluding carboxylic acids is 3. The van der Waals surface area contributed by atoms with Gasteiger partial charge in [-0.05, 0) is 103 Å². The second-order valence-electron chi connectivity index (χ2n) is 18.2. The molecule has 0 saturated carbocycles. The molecule has 0 saturated heterocycles. The number of rotatable bonds is 49. The van der Waals surface area contributed by atoms with Crippen LogP contribution in [-0.4, -0.2) is 37.2 Å². The van der Waals surface area contributed by atoms with E-state index in [0.29, 0.717) is 19.3 Å². The minimum Gasteiger partial charge on any atom is -0.462 e. The van der Waals surface area contributed by atoms with E-state index in [0.717, 1.165) is 89.9 Å². The third-order valence-corrected chi connectivity index (χ3v) is 11.7. The van der Waals surface area contributed by atoms with Crippen LogP contribution in [0.15, 0.2) is 72.9 Å². The number of unbranched alkanes of at least 4 members (excludes halogenated alkanes) is 28. The van der Waals surface area contributed by atoms with E-state index < -0.39 is 6.10 Å². The van der Waals surface area contributed by atoms with Crippen LogP contribution in [0.3, 0.4) is 0 Å². The summed E-state index contributed by atoms with van der Waals surface area (Å²) < 4.78 is 16.8. The molecule has 0 aliphatic heterocycles. The molecule has 0 fully saturated rings. The lowest BCUT2D eigenvalue weighted by atomic mass is 10.1. The van der Waals surface area contributed by atoms with Gasteiger partial charge in [-0.2, -0.15) is 0 Å². The molecule has 1 atom stereocenters. The Kier molecular flexibility index (Phi) is 50.9. The molecule has 0 radical (unpaired) electrons. The van der Waals surface area contributed by atoms with Crippen LogP contribution in [-0.2, 0) is 28.6 Å². The fourth-order valence-electron chi connectivity index (χ4n) is 7.51. The zero-order chi connectivity index (χ0) is 47.2. The number of esters is 3. The van der Waals surface area contributed by atoms with Crippen molar-refractivity contribution in [2.24, 2.45) is 0 Å². The molecule has 0 aliphatic rings. The van der Waals surface area contributed by atoms with E-state index in [2.05, 4.69) is 93.7 Å². The molecule has 0 N–H and O–H groups in total. The molecular formula is C59H102O6. The average Bonchev–Trinajstić information content (AvgIpc) is 3.30. The zero-order valence-corrected chi connectivity index (χ0v) is 42.7. The van der Waals surface area contributed by atoms with E-state index in [9.17, 15) is 14.4 Å². The molecule has 0 aromatic heterocycles. The SMILES string of the molecule is CCCCC/C=C\C=C/CCCCCCCCC(=O)OCC(COC(=O)CCCCCCCCC/C=C\C/C=C\CCCCC)OC(=O)CCCCCCCC/C=C\C=C/CCCCC. The second-order valence-corrected chi connectivity index (χ2v) is 18.2. The Hall–Kier alpha value is -3.15. The maximum atomic E-state index is 12.8. The Morgan fingerprint density at radius 1 is 0.323 bits per heavy atom. The Labute approximate surface area is 402 Å². The van der Waals surface area contributed by atoms with Gasteiger partial charge in [0.2, 0.25) is 0 Å². The van der Waals surface area contributed by atoms with Crippen LogP contribution >= 0.6 is 0 Å². The molecule has 65 heavy (non-hydrogen) atoms. The Balaban J connectivity index is 4.43. The van der Waals surface area contributed by atoms with Gasteiger partial charge in [0.05, 0.1) is 0 Å². The minimum absolute atomic E-state index is 0.0882. The molecule has 0 aromatic carbocycles. The van der Waals surface area contributed by atoms with E-state index in [1.54, 1.807) is 0 Å². The third-order valence-electron chi connectivity index (χ3n) is 11.7. The van der Waals surface area contributed by atoms with Crippen LogP contribution in [0.1, 0.15) is 265 Å². The first-order valence-corrected chi connectivity index (χ1v) is 27.5. The van der Waals surface area contributed by atoms with Crippen molar-refractivity contribution in [2.75, 3.05) is 13.2 Å². The van der Waals surface area contributed by atoms with Gasteiger partial charge in [-0.3, -0.25) is 14.4 Å². The van der Waals surface area contributed by atoms with Crippen LogP contribution in [0, 0.1) is 0 Å². The lowest BCUT2D eigenvalue weighted by molar-refractivity contribution is -0.167. The number of allylic oxidation sites excluding steroid dienone is 12. The molecular weight excluding hydrogens is 805 g/mol. The van der Waals surface area contributed by atoms with E-state index in [1.807, 2.05) is 0 Å². The van der Waals surface area contributed by atoms with Crippen LogP contribution < -0.4 is 0 Å². The number of ether oxygens (including phenoxy) is 3. The largest absolute Gasteiger partial charge is 0.462 e. The summed E-state index contributed by atoms with van der Waals surface area (Å²) in [4.78, 5) is 38.1. The Morgan fingerprint density at radius 2 is 0.600 bits per heavy atom. The first-order chi connectivity index (χ1) is 32.0. The summed E-state index contributed by atoms with van der Waals surface area (Å²) >= 11 is 0. The zero-order valence-electron chi connectivity index (χ0n) is 42.7. The Bertz CT molecular complexity index is 1230. The van der Waals surface area contributed by atoms with Crippen molar-refractivity contribution < 1.29 is 28.6 Å². The van der Waals surface area contributed by atoms with E-state index >= 15 is 0 Å². The molecule has 0 aliphatic carbocycles. The molecule has 0 aromatic rings. The van der Waals surface area contributed by atoms with Crippen molar-refractivity contribution in [3.63, 3.8) is 0 Å². The summed E-state index contributed by atoms with van der Waals surface area (Å²) in [5, 5.41) is 0. The van der Waals surface area contributed by atoms with Crippen LogP contribution in [0.5, 0.6) is 0 Å². The van der Waals surface area contributed by atoms with Gasteiger partial charge < -0.3 is 14.2 Å². The van der Waals surface area contributed by atoms with Gasteiger partial charge in [0.25, 0.3) is 0 Å². The summed E-state index contributed by atoms with van der Waals surface area (Å²) in [6, 6.07) is 0. The first kappa shape index (κ1) is 61.9. The van der Waals surface area contributed by atoms with Crippen molar-refractivity contribution in [2.45, 2.75) is 271 Å². The summed E-state index contributed by atoms with van der Waals surface area (Å²) in [7, 11) is 0. The van der Waals surface area contributed by atoms with Gasteiger partial charge in [-0.1, -0.05) is 216 Å². The lowest BCUT2D eigenvalue weighted by Crippen LogP contribution is -2.30. The summed E-state index contributed by atoms with van der Waals surface area (Å²) in [6.45, 7) is 6.54. The predicted molar refractivity (Wildman–Crippen MR) is 279 cm³/mol. The van der Waals surface area contributed by atoms with Crippen LogP contribution in [0.4, 0.5) is 0 Å². The molecule has 6 heteroatoms. The smallest absolute Gasteiger partial charge is 0.306 e. The summed E-state index contributed by atoms with van der Waals surface area (Å²) in [5.41, 5.74) is 0. The average molecular weight is 907 g/mol. The fourth-order valence-corrected chi connectivity index (χ4v) is 7.51. The molecule has 0 rings (SSSR count). The highest BCUT2D eigenvalue weighted by Gasteiger charge is 2.19. The maximum Gasteiger partial charge on any atom is 0.306 e. The van der Waals surface area contributed by atoms with Crippen molar-refractivity contribution in [1.29, 1.82) is 0 Å². The predicted octanol–water partition coefficient (Wildman–Crippen LogP) is 18.2. The minimum atomic E-state index is -0.790. The van der Waals surface area contributed by atoms with Crippen LogP contribution in [0.25, 0.3) is 0 Å². The molecule has 6 nitrogen and oxygen atoms in total. The highest BCUT2D eigenvalue weighted by atomic mass is 16.6. The van der Waals surface area contributed by atoms with E-state index in [4.69, 9.17) is 14.2 Å². The van der Waals surface area contributed by atoms with E-state index in [-0.39, 0.29) is 31.1 Å². The normalized spacial score (nSPS) is 12.6. The fraction of sp³-hybridized carbons (Fsp3) is 0.746. The van der Waals surface area contributed by atoms with Gasteiger partial charge in [-0.15, -0.1) is 0 Å². The van der Waals surface area contributed by atoms with Gasteiger partial charge in [0, 0.05) is 19.3 Å². The molecule has 374 valence electrons. The topological polar surface area (TPSA) is 78.9 Å². The van der Waals surface area contributed by atoms with Gasteiger partial charge in [-0.25, -0.2) is 0 Å². The molecule has 0 amide bonds. The molecule has 0 heterocycles. The lowest BCUT2D eigenvalue weighted by Gasteiger charge is -2.18. The highest BCUT2D eigenvalue weighted by molar-refractivity contribution is 5.71. The quantitative estimate of drug-likeness (QED) is 0.0199. The van der Waals surface area contributed by atoms with Crippen molar-refractivity contribution in [1.82, 2.24) is 0 Å². The van der Waals surface area contributed by atoms with Crippen molar-refractivity contribution >= 4 is 17.9 Å². The number of hydrogen-bond acceptors (Lipinski definition) is 6. The molecule has 1 unspecified atom stereocenters. The van der Waals surface area contributed by atoms with Crippen LogP contribution in [0.2, 0.25) is 0 Å². The Morgan fingerprint density at radius 3 is 0.938 bits per heavy atom. The van der Waals surface area contributed by atoms with Gasteiger partial charge >= 0.3 is 17.9 Å². The van der Waals surface area contributed by atoms with E-state index in [1.165, 1.54) is 135 Å². The van der Waals surface area contributed by atoms with Crippen molar-refractivity contribution in [3.8, 4) is 0 Å². The second kappa shape index (κ2) is 53.5. The van der Waals surface area contributed by atoms with Crippen molar-refractivity contribution in [3.05, 3.63) is 72.9 Å². The van der Waals surface area contributed by atoms with Gasteiger partial charge in [0.1, 0.15) is 13.2 Å². The standard InChI is InChI=1S/C59H102O6/c1-4-7-10-13-16-19-22-25-28-29-32-34-37-40-43-46-49-52-58(61)64-55-56(65-59(62)53-50-47-44-41-38-35-31-27-24-21-18-15-12-9-6-3)54-63-57(60)51-48-45-42-39-36-33-30-26-23-20-17-14-11-8-5-2/h16-21,23-28,56H,4-15,22,29-55H2,1-3H3/b19-16-,20-17-,21-18-,26-23-,27-24-,28-25-. The summed E-state index contributed by atoms with van der Waals surface area (Å²) in [5.74, 6) is -0.914. The molecule has 0 bridgehead atoms.